The zero-order valence-corrected chi connectivity index (χ0v) is 16.0. The monoisotopic (exact) mass is 386 g/mol. The van der Waals surface area contributed by atoms with Gasteiger partial charge >= 0.3 is 5.97 Å². The third kappa shape index (κ3) is 4.43. The van der Waals surface area contributed by atoms with E-state index in [2.05, 4.69) is 0 Å². The number of benzene rings is 1. The summed E-state index contributed by atoms with van der Waals surface area (Å²) < 4.78 is 21.0. The van der Waals surface area contributed by atoms with Crippen LogP contribution >= 0.6 is 0 Å². The number of Topliss-reactive ketones (excluding diaryl/α,β-unsaturated/α-hetero) is 1. The van der Waals surface area contributed by atoms with Gasteiger partial charge in [-0.3, -0.25) is 9.59 Å². The lowest BCUT2D eigenvalue weighted by atomic mass is 9.87. The van der Waals surface area contributed by atoms with Crippen LogP contribution in [0.25, 0.3) is 0 Å². The number of esters is 1. The summed E-state index contributed by atoms with van der Waals surface area (Å²) in [5.41, 5.74) is 6.40. The van der Waals surface area contributed by atoms with Gasteiger partial charge in [0.1, 0.15) is 23.8 Å². The summed E-state index contributed by atoms with van der Waals surface area (Å²) in [6.45, 7) is 3.69. The van der Waals surface area contributed by atoms with E-state index in [-0.39, 0.29) is 42.6 Å². The molecule has 0 saturated heterocycles. The molecule has 0 bridgehead atoms. The van der Waals surface area contributed by atoms with Crippen molar-refractivity contribution >= 4 is 11.8 Å². The van der Waals surface area contributed by atoms with Gasteiger partial charge in [0.05, 0.1) is 26.2 Å². The van der Waals surface area contributed by atoms with E-state index in [0.717, 1.165) is 0 Å². The fraction of sp³-hybridized carbons (Fsp3) is 0.350. The first-order valence-corrected chi connectivity index (χ1v) is 8.74. The van der Waals surface area contributed by atoms with E-state index in [1.54, 1.807) is 38.1 Å². The molecule has 1 aromatic carbocycles. The molecule has 0 saturated carbocycles. The fourth-order valence-corrected chi connectivity index (χ4v) is 2.77. The molecule has 1 unspecified atom stereocenters. The molecule has 0 spiro atoms. The Hall–Kier alpha value is -3.47. The number of hydrogen-bond donors (Lipinski definition) is 1. The van der Waals surface area contributed by atoms with Gasteiger partial charge in [-0.15, -0.1) is 0 Å². The lowest BCUT2D eigenvalue weighted by Crippen LogP contribution is -2.20. The van der Waals surface area contributed by atoms with Crippen LogP contribution in [0.2, 0.25) is 0 Å². The van der Waals surface area contributed by atoms with Crippen LogP contribution < -0.4 is 10.5 Å². The predicted octanol–water partition coefficient (Wildman–Crippen LogP) is 2.27. The van der Waals surface area contributed by atoms with Gasteiger partial charge in [0.2, 0.25) is 17.4 Å². The first kappa shape index (κ1) is 20.8. The van der Waals surface area contributed by atoms with Crippen molar-refractivity contribution in [1.29, 1.82) is 5.26 Å². The van der Waals surface area contributed by atoms with Crippen LogP contribution in [0.3, 0.4) is 0 Å². The number of nitrogens with zero attached hydrogens (tertiary/aromatic N) is 1. The summed E-state index contributed by atoms with van der Waals surface area (Å²) in [6.07, 6.45) is -0.344. The molecule has 0 aliphatic carbocycles. The first-order valence-electron chi connectivity index (χ1n) is 8.74. The standard InChI is InChI=1S/C20H22N2O6/c1-4-26-16(23)10-15-19(27-5-2)18(24)17(14(11-21)20(22)28-15)12-6-8-13(25-3)9-7-12/h6-9,17H,4-5,10,22H2,1-3H3. The van der Waals surface area contributed by atoms with Gasteiger partial charge in [-0.1, -0.05) is 12.1 Å². The zero-order chi connectivity index (χ0) is 20.7. The van der Waals surface area contributed by atoms with Crippen molar-refractivity contribution in [3.8, 4) is 11.8 Å². The Balaban J connectivity index is 2.56. The fourth-order valence-electron chi connectivity index (χ4n) is 2.77. The predicted molar refractivity (Wildman–Crippen MR) is 98.6 cm³/mol. The van der Waals surface area contributed by atoms with Crippen LogP contribution in [0.5, 0.6) is 5.75 Å². The van der Waals surface area contributed by atoms with E-state index in [4.69, 9.17) is 24.7 Å². The van der Waals surface area contributed by atoms with Crippen molar-refractivity contribution < 1.29 is 28.5 Å². The Bertz CT molecular complexity index is 848. The van der Waals surface area contributed by atoms with Crippen LogP contribution in [-0.2, 0) is 23.8 Å². The van der Waals surface area contributed by atoms with E-state index in [9.17, 15) is 14.9 Å². The summed E-state index contributed by atoms with van der Waals surface area (Å²) in [5, 5.41) is 9.61. The van der Waals surface area contributed by atoms with E-state index in [1.165, 1.54) is 7.11 Å². The quantitative estimate of drug-likeness (QED) is 0.709. The van der Waals surface area contributed by atoms with E-state index >= 15 is 0 Å². The van der Waals surface area contributed by atoms with Gasteiger partial charge < -0.3 is 24.7 Å². The molecule has 0 aromatic heterocycles. The number of ether oxygens (including phenoxy) is 4. The third-order valence-corrected chi connectivity index (χ3v) is 4.00. The molecule has 0 amide bonds. The molecule has 1 aromatic rings. The van der Waals surface area contributed by atoms with Crippen LogP contribution in [0.4, 0.5) is 0 Å². The second-order valence-corrected chi connectivity index (χ2v) is 5.73. The minimum atomic E-state index is -1.03. The Kier molecular flexibility index (Phi) is 7.04. The number of ketones is 1. The highest BCUT2D eigenvalue weighted by atomic mass is 16.5. The van der Waals surface area contributed by atoms with Crippen LogP contribution in [-0.4, -0.2) is 32.1 Å². The Morgan fingerprint density at radius 1 is 1.25 bits per heavy atom. The molecule has 0 fully saturated rings. The Labute approximate surface area is 163 Å². The molecule has 28 heavy (non-hydrogen) atoms. The number of carbonyl (C=O) groups is 2. The summed E-state index contributed by atoms with van der Waals surface area (Å²) in [5.74, 6) is -2.04. The molecule has 1 aliphatic heterocycles. The number of hydrogen-bond acceptors (Lipinski definition) is 8. The molecule has 148 valence electrons. The van der Waals surface area contributed by atoms with Crippen molar-refractivity contribution in [3.05, 3.63) is 52.8 Å². The van der Waals surface area contributed by atoms with Gasteiger partial charge in [0.25, 0.3) is 0 Å². The van der Waals surface area contributed by atoms with Gasteiger partial charge in [0.15, 0.2) is 5.76 Å². The Morgan fingerprint density at radius 2 is 1.93 bits per heavy atom. The highest BCUT2D eigenvalue weighted by Gasteiger charge is 2.37. The van der Waals surface area contributed by atoms with Gasteiger partial charge in [0, 0.05) is 0 Å². The molecule has 0 radical (unpaired) electrons. The van der Waals surface area contributed by atoms with Gasteiger partial charge in [-0.2, -0.15) is 5.26 Å². The van der Waals surface area contributed by atoms with Gasteiger partial charge in [-0.05, 0) is 31.5 Å². The van der Waals surface area contributed by atoms with Crippen LogP contribution in [0, 0.1) is 11.3 Å². The summed E-state index contributed by atoms with van der Waals surface area (Å²) in [4.78, 5) is 25.2. The molecule has 8 nitrogen and oxygen atoms in total. The third-order valence-electron chi connectivity index (χ3n) is 4.00. The highest BCUT2D eigenvalue weighted by molar-refractivity contribution is 6.02. The zero-order valence-electron chi connectivity index (χ0n) is 16.0. The molecular weight excluding hydrogens is 364 g/mol. The highest BCUT2D eigenvalue weighted by Crippen LogP contribution is 2.35. The van der Waals surface area contributed by atoms with Crippen molar-refractivity contribution in [1.82, 2.24) is 0 Å². The van der Waals surface area contributed by atoms with E-state index in [0.29, 0.717) is 11.3 Å². The number of nitriles is 1. The molecule has 2 N–H and O–H groups in total. The maximum Gasteiger partial charge on any atom is 0.313 e. The number of nitrogens with two attached hydrogens (primary N) is 1. The number of rotatable bonds is 7. The Morgan fingerprint density at radius 3 is 2.46 bits per heavy atom. The number of allylic oxidation sites excluding steroid dienone is 2. The van der Waals surface area contributed by atoms with Crippen molar-refractivity contribution in [3.63, 3.8) is 0 Å². The molecule has 8 heteroatoms. The molecule has 1 heterocycles. The van der Waals surface area contributed by atoms with Crippen molar-refractivity contribution in [2.45, 2.75) is 26.2 Å². The van der Waals surface area contributed by atoms with Crippen molar-refractivity contribution in [2.24, 2.45) is 5.73 Å². The number of methoxy groups -OCH3 is 1. The maximum absolute atomic E-state index is 13.3. The first-order chi connectivity index (χ1) is 13.5. The van der Waals surface area contributed by atoms with Gasteiger partial charge in [-0.25, -0.2) is 0 Å². The van der Waals surface area contributed by atoms with Crippen LogP contribution in [0.15, 0.2) is 47.2 Å². The largest absolute Gasteiger partial charge is 0.497 e. The van der Waals surface area contributed by atoms with E-state index < -0.39 is 17.7 Å². The minimum Gasteiger partial charge on any atom is -0.497 e. The molecular formula is C20H22N2O6. The second-order valence-electron chi connectivity index (χ2n) is 5.73. The average Bonchev–Trinajstić information content (AvgIpc) is 2.78. The minimum absolute atomic E-state index is 0.0637. The summed E-state index contributed by atoms with van der Waals surface area (Å²) in [6, 6.07) is 8.60. The molecule has 1 aliphatic rings. The summed E-state index contributed by atoms with van der Waals surface area (Å²) >= 11 is 0. The number of carbonyl (C=O) groups excluding carboxylic acids is 2. The maximum atomic E-state index is 13.3. The normalized spacial score (nSPS) is 16.8. The summed E-state index contributed by atoms with van der Waals surface area (Å²) in [7, 11) is 1.52. The van der Waals surface area contributed by atoms with Crippen molar-refractivity contribution in [2.75, 3.05) is 20.3 Å². The smallest absolute Gasteiger partial charge is 0.313 e. The van der Waals surface area contributed by atoms with E-state index in [1.807, 2.05) is 6.07 Å². The van der Waals surface area contributed by atoms with Crippen LogP contribution in [0.1, 0.15) is 31.7 Å². The molecule has 1 atom stereocenters. The topological polar surface area (TPSA) is 121 Å². The average molecular weight is 386 g/mol. The second kappa shape index (κ2) is 9.46. The SMILES string of the molecule is CCOC(=O)CC1=C(OCC)C(=O)C(c2ccc(OC)cc2)C(C#N)=C(N)O1. The lowest BCUT2D eigenvalue weighted by molar-refractivity contribution is -0.143. The molecule has 2 rings (SSSR count). The lowest BCUT2D eigenvalue weighted by Gasteiger charge is -2.16.